The van der Waals surface area contributed by atoms with Crippen LogP contribution in [0.5, 0.6) is 11.6 Å². The lowest BCUT2D eigenvalue weighted by molar-refractivity contribution is 0.225. The molecule has 1 aliphatic rings. The summed E-state index contributed by atoms with van der Waals surface area (Å²) >= 11 is 12.0. The second kappa shape index (κ2) is 9.80. The van der Waals surface area contributed by atoms with Gasteiger partial charge >= 0.3 is 0 Å². The summed E-state index contributed by atoms with van der Waals surface area (Å²) in [5.41, 5.74) is 4.17. The maximum Gasteiger partial charge on any atom is 0.247 e. The number of anilines is 1. The first kappa shape index (κ1) is 22.9. The highest BCUT2D eigenvalue weighted by atomic mass is 127. The zero-order valence-corrected chi connectivity index (χ0v) is 22.7. The fraction of sp³-hybridized carbons (Fsp3) is 0.0870. The molecule has 166 valence electrons. The summed E-state index contributed by atoms with van der Waals surface area (Å²) in [6.07, 6.45) is -0.520. The number of halogens is 3. The van der Waals surface area contributed by atoms with Crippen molar-refractivity contribution in [3.8, 4) is 22.9 Å². The minimum atomic E-state index is -0.520. The maximum absolute atomic E-state index is 10.2. The molecule has 6 nitrogen and oxygen atoms in total. The van der Waals surface area contributed by atoms with Crippen LogP contribution in [-0.4, -0.2) is 20.3 Å². The Morgan fingerprint density at radius 1 is 1.03 bits per heavy atom. The Bertz CT molecular complexity index is 1330. The lowest BCUT2D eigenvalue weighted by atomic mass is 10.1. The van der Waals surface area contributed by atoms with Gasteiger partial charge in [0, 0.05) is 27.6 Å². The first-order valence-electron chi connectivity index (χ1n) is 9.81. The number of phenols is 1. The number of aromatic hydroxyl groups is 1. The number of hydrogen-bond donors (Lipinski definition) is 2. The summed E-state index contributed by atoms with van der Waals surface area (Å²) in [5, 5.41) is 23.6. The van der Waals surface area contributed by atoms with Gasteiger partial charge in [-0.3, -0.25) is 0 Å². The molecule has 0 unspecified atom stereocenters. The Kier molecular flexibility index (Phi) is 6.81. The Morgan fingerprint density at radius 2 is 1.76 bits per heavy atom. The summed E-state index contributed by atoms with van der Waals surface area (Å²) in [6, 6.07) is 19.3. The molecule has 10 heteroatoms. The van der Waals surface area contributed by atoms with Crippen molar-refractivity contribution < 1.29 is 9.84 Å². The molecule has 0 bridgehead atoms. The van der Waals surface area contributed by atoms with E-state index in [2.05, 4.69) is 65.7 Å². The number of benzene rings is 3. The van der Waals surface area contributed by atoms with Gasteiger partial charge in [0.1, 0.15) is 5.75 Å². The van der Waals surface area contributed by atoms with Crippen molar-refractivity contribution in [1.82, 2.24) is 15.2 Å². The number of ether oxygens (including phenoxy) is 1. The molecule has 3 aromatic carbocycles. The molecule has 1 aromatic heterocycles. The number of para-hydroxylation sites is 1. The third kappa shape index (κ3) is 4.86. The van der Waals surface area contributed by atoms with E-state index < -0.39 is 6.23 Å². The average molecular weight is 701 g/mol. The van der Waals surface area contributed by atoms with Gasteiger partial charge in [-0.15, -0.1) is 10.2 Å². The Labute approximate surface area is 226 Å². The highest BCUT2D eigenvalue weighted by Gasteiger charge is 2.27. The summed E-state index contributed by atoms with van der Waals surface area (Å²) in [6.45, 7) is 0. The van der Waals surface area contributed by atoms with E-state index in [1.807, 2.05) is 60.7 Å². The van der Waals surface area contributed by atoms with Gasteiger partial charge in [-0.2, -0.15) is 4.98 Å². The Morgan fingerprint density at radius 3 is 2.55 bits per heavy atom. The van der Waals surface area contributed by atoms with Gasteiger partial charge in [-0.1, -0.05) is 59.8 Å². The largest absolute Gasteiger partial charge is 0.506 e. The van der Waals surface area contributed by atoms with Crippen molar-refractivity contribution in [2.24, 2.45) is 0 Å². The van der Waals surface area contributed by atoms with Crippen LogP contribution in [0.3, 0.4) is 0 Å². The monoisotopic (exact) mass is 700 g/mol. The van der Waals surface area contributed by atoms with E-state index >= 15 is 0 Å². The smallest absolute Gasteiger partial charge is 0.247 e. The molecule has 5 rings (SSSR count). The molecule has 0 radical (unpaired) electrons. The SMILES string of the molecule is Oc1c(I)cc([C@@H]2Nc3ccccc3-c3nnc(SCc4ccccc4Cl)nc3O2)cc1I. The Balaban J connectivity index is 1.52. The van der Waals surface area contributed by atoms with Crippen LogP contribution in [-0.2, 0) is 5.75 Å². The predicted molar refractivity (Wildman–Crippen MR) is 147 cm³/mol. The molecular formula is C23H15ClI2N4O2S. The van der Waals surface area contributed by atoms with Gasteiger partial charge in [0.25, 0.3) is 0 Å². The fourth-order valence-corrected chi connectivity index (χ4v) is 6.23. The van der Waals surface area contributed by atoms with E-state index in [-0.39, 0.29) is 5.75 Å². The molecule has 0 fully saturated rings. The van der Waals surface area contributed by atoms with E-state index in [1.165, 1.54) is 11.8 Å². The highest BCUT2D eigenvalue weighted by molar-refractivity contribution is 14.1. The van der Waals surface area contributed by atoms with Gasteiger partial charge in [-0.05, 0) is 75.0 Å². The molecule has 0 spiro atoms. The quantitative estimate of drug-likeness (QED) is 0.177. The van der Waals surface area contributed by atoms with Gasteiger partial charge in [0.05, 0.1) is 7.14 Å². The second-order valence-corrected chi connectivity index (χ2v) is 10.8. The topological polar surface area (TPSA) is 80.2 Å². The number of nitrogens with zero attached hydrogens (tertiary/aromatic N) is 3. The van der Waals surface area contributed by atoms with E-state index in [9.17, 15) is 5.11 Å². The second-order valence-electron chi connectivity index (χ2n) is 7.15. The number of nitrogens with one attached hydrogen (secondary N) is 1. The van der Waals surface area contributed by atoms with Crippen molar-refractivity contribution in [3.63, 3.8) is 0 Å². The molecule has 33 heavy (non-hydrogen) atoms. The first-order valence-corrected chi connectivity index (χ1v) is 13.3. The number of hydrogen-bond acceptors (Lipinski definition) is 7. The molecule has 0 saturated heterocycles. The molecule has 4 aromatic rings. The van der Waals surface area contributed by atoms with E-state index in [4.69, 9.17) is 16.3 Å². The third-order valence-electron chi connectivity index (χ3n) is 4.99. The van der Waals surface area contributed by atoms with Crippen LogP contribution in [0, 0.1) is 7.14 Å². The van der Waals surface area contributed by atoms with Crippen LogP contribution in [0.2, 0.25) is 5.02 Å². The average Bonchev–Trinajstić information content (AvgIpc) is 2.98. The van der Waals surface area contributed by atoms with E-state index in [0.717, 1.165) is 29.5 Å². The molecule has 1 atom stereocenters. The number of fused-ring (bicyclic) bond motifs is 3. The number of aromatic nitrogens is 3. The minimum absolute atomic E-state index is 0.261. The lowest BCUT2D eigenvalue weighted by Gasteiger charge is -2.20. The molecule has 2 N–H and O–H groups in total. The minimum Gasteiger partial charge on any atom is -0.506 e. The molecule has 1 aliphatic heterocycles. The van der Waals surface area contributed by atoms with Crippen LogP contribution in [0.15, 0.2) is 65.8 Å². The summed E-state index contributed by atoms with van der Waals surface area (Å²) in [7, 11) is 0. The number of thioether (sulfide) groups is 1. The van der Waals surface area contributed by atoms with Crippen molar-refractivity contribution in [2.75, 3.05) is 5.32 Å². The summed E-state index contributed by atoms with van der Waals surface area (Å²) < 4.78 is 7.83. The standard InChI is InChI=1S/C23H15ClI2N4O2S/c24-15-7-3-1-5-12(15)11-33-23-28-22-19(29-30-23)14-6-2-4-8-18(14)27-21(32-22)13-9-16(25)20(31)17(26)10-13/h1-10,21,27,31H,11H2/t21-/m1/s1. The summed E-state index contributed by atoms with van der Waals surface area (Å²) in [5.74, 6) is 1.27. The maximum atomic E-state index is 10.2. The van der Waals surface area contributed by atoms with Gasteiger partial charge in [-0.25, -0.2) is 0 Å². The van der Waals surface area contributed by atoms with Crippen molar-refractivity contribution in [3.05, 3.63) is 84.0 Å². The van der Waals surface area contributed by atoms with Crippen molar-refractivity contribution >= 4 is 74.2 Å². The lowest BCUT2D eigenvalue weighted by Crippen LogP contribution is -2.17. The molecule has 0 saturated carbocycles. The van der Waals surface area contributed by atoms with Crippen LogP contribution < -0.4 is 10.1 Å². The Hall–Kier alpha value is -1.83. The predicted octanol–water partition coefficient (Wildman–Crippen LogP) is 6.90. The van der Waals surface area contributed by atoms with Crippen molar-refractivity contribution in [1.29, 1.82) is 0 Å². The fourth-order valence-electron chi connectivity index (χ4n) is 3.35. The van der Waals surface area contributed by atoms with Gasteiger partial charge in [0.15, 0.2) is 11.9 Å². The van der Waals surface area contributed by atoms with Gasteiger partial charge in [0.2, 0.25) is 11.0 Å². The zero-order chi connectivity index (χ0) is 22.9. The van der Waals surface area contributed by atoms with E-state index in [1.54, 1.807) is 0 Å². The van der Waals surface area contributed by atoms with Gasteiger partial charge < -0.3 is 15.2 Å². The van der Waals surface area contributed by atoms with E-state index in [0.29, 0.717) is 27.5 Å². The van der Waals surface area contributed by atoms with Crippen molar-refractivity contribution in [2.45, 2.75) is 17.1 Å². The highest BCUT2D eigenvalue weighted by Crippen LogP contribution is 2.41. The number of phenolic OH excluding ortho intramolecular Hbond substituents is 1. The van der Waals surface area contributed by atoms with Crippen LogP contribution in [0.4, 0.5) is 5.69 Å². The summed E-state index contributed by atoms with van der Waals surface area (Å²) in [4.78, 5) is 4.69. The van der Waals surface area contributed by atoms with Crippen LogP contribution >= 0.6 is 68.5 Å². The third-order valence-corrected chi connectivity index (χ3v) is 7.89. The normalized spacial score (nSPS) is 14.5. The van der Waals surface area contributed by atoms with Crippen LogP contribution in [0.1, 0.15) is 17.4 Å². The molecule has 2 heterocycles. The molecule has 0 aliphatic carbocycles. The number of rotatable bonds is 4. The molecule has 0 amide bonds. The first-order chi connectivity index (χ1) is 16.0. The van der Waals surface area contributed by atoms with Crippen LogP contribution in [0.25, 0.3) is 11.3 Å². The zero-order valence-electron chi connectivity index (χ0n) is 16.8. The molecular weight excluding hydrogens is 686 g/mol.